The lowest BCUT2D eigenvalue weighted by Gasteiger charge is -2.28. The van der Waals surface area contributed by atoms with Crippen molar-refractivity contribution in [2.75, 3.05) is 13.1 Å². The van der Waals surface area contributed by atoms with Gasteiger partial charge in [0, 0.05) is 13.1 Å². The van der Waals surface area contributed by atoms with Crippen molar-refractivity contribution in [3.8, 4) is 5.69 Å². The molecular formula is C15H21N5OS. The number of likely N-dealkylation sites (tertiary alicyclic amines) is 1. The van der Waals surface area contributed by atoms with Crippen molar-refractivity contribution in [2.45, 2.75) is 39.5 Å². The summed E-state index contributed by atoms with van der Waals surface area (Å²) in [6.45, 7) is 6.50. The number of aliphatic hydroxyl groups is 1. The molecule has 1 N–H and O–H groups in total. The van der Waals surface area contributed by atoms with Crippen LogP contribution >= 0.6 is 12.2 Å². The third-order valence-corrected chi connectivity index (χ3v) is 4.65. The van der Waals surface area contributed by atoms with Gasteiger partial charge in [-0.15, -0.1) is 0 Å². The molecule has 0 saturated carbocycles. The second kappa shape index (κ2) is 6.28. The van der Waals surface area contributed by atoms with Crippen LogP contribution in [-0.2, 0) is 6.67 Å². The largest absolute Gasteiger partial charge is 0.393 e. The van der Waals surface area contributed by atoms with Gasteiger partial charge in [-0.2, -0.15) is 4.68 Å². The summed E-state index contributed by atoms with van der Waals surface area (Å²) in [6.07, 6.45) is 1.44. The predicted molar refractivity (Wildman–Crippen MR) is 86.5 cm³/mol. The van der Waals surface area contributed by atoms with Crippen LogP contribution in [0.4, 0.5) is 0 Å². The normalized spacial score (nSPS) is 17.0. The number of piperidine rings is 1. The monoisotopic (exact) mass is 319 g/mol. The van der Waals surface area contributed by atoms with Gasteiger partial charge in [-0.05, 0) is 72.6 Å². The minimum Gasteiger partial charge on any atom is -0.393 e. The third-order valence-electron chi connectivity index (χ3n) is 4.27. The van der Waals surface area contributed by atoms with E-state index < -0.39 is 0 Å². The number of aryl methyl sites for hydroxylation is 2. The zero-order chi connectivity index (χ0) is 15.7. The fourth-order valence-corrected chi connectivity index (χ4v) is 2.87. The highest BCUT2D eigenvalue weighted by atomic mass is 32.1. The Morgan fingerprint density at radius 3 is 2.59 bits per heavy atom. The van der Waals surface area contributed by atoms with Crippen LogP contribution in [0.15, 0.2) is 18.2 Å². The molecule has 6 nitrogen and oxygen atoms in total. The zero-order valence-electron chi connectivity index (χ0n) is 12.9. The number of aromatic nitrogens is 4. The van der Waals surface area contributed by atoms with E-state index in [2.05, 4.69) is 41.3 Å². The maximum absolute atomic E-state index is 9.56. The Morgan fingerprint density at radius 2 is 1.91 bits per heavy atom. The maximum atomic E-state index is 9.56. The molecule has 1 fully saturated rings. The molecule has 0 bridgehead atoms. The van der Waals surface area contributed by atoms with Gasteiger partial charge in [0.1, 0.15) is 0 Å². The van der Waals surface area contributed by atoms with Crippen LogP contribution in [0, 0.1) is 18.6 Å². The molecule has 0 unspecified atom stereocenters. The molecule has 1 saturated heterocycles. The number of tetrazole rings is 1. The first kappa shape index (κ1) is 15.3. The fourth-order valence-electron chi connectivity index (χ4n) is 2.63. The molecule has 1 aliphatic rings. The Labute approximate surface area is 135 Å². The number of nitrogens with zero attached hydrogens (tertiary/aromatic N) is 5. The molecule has 0 amide bonds. The lowest BCUT2D eigenvalue weighted by atomic mass is 10.1. The molecule has 0 aliphatic carbocycles. The van der Waals surface area contributed by atoms with E-state index in [0.29, 0.717) is 11.4 Å². The van der Waals surface area contributed by atoms with Crippen LogP contribution in [0.2, 0.25) is 0 Å². The van der Waals surface area contributed by atoms with Crippen molar-refractivity contribution >= 4 is 12.2 Å². The summed E-state index contributed by atoms with van der Waals surface area (Å²) in [6, 6.07) is 6.15. The predicted octanol–water partition coefficient (Wildman–Crippen LogP) is 1.83. The van der Waals surface area contributed by atoms with Gasteiger partial charge in [-0.25, -0.2) is 4.68 Å². The highest BCUT2D eigenvalue weighted by molar-refractivity contribution is 7.71. The van der Waals surface area contributed by atoms with Gasteiger partial charge in [0.25, 0.3) is 0 Å². The molecule has 2 heterocycles. The summed E-state index contributed by atoms with van der Waals surface area (Å²) >= 11 is 5.50. The first-order chi connectivity index (χ1) is 10.5. The Bertz CT molecular complexity index is 715. The van der Waals surface area contributed by atoms with Gasteiger partial charge >= 0.3 is 0 Å². The van der Waals surface area contributed by atoms with Crippen molar-refractivity contribution in [1.29, 1.82) is 0 Å². The number of rotatable bonds is 3. The first-order valence-electron chi connectivity index (χ1n) is 7.55. The topological polar surface area (TPSA) is 59.1 Å². The van der Waals surface area contributed by atoms with Crippen LogP contribution in [0.3, 0.4) is 0 Å². The summed E-state index contributed by atoms with van der Waals surface area (Å²) in [7, 11) is 0. The maximum Gasteiger partial charge on any atom is 0.221 e. The van der Waals surface area contributed by atoms with E-state index in [1.807, 2.05) is 6.07 Å². The van der Waals surface area contributed by atoms with Crippen molar-refractivity contribution in [1.82, 2.24) is 24.7 Å². The second-order valence-corrected chi connectivity index (χ2v) is 6.30. The third kappa shape index (κ3) is 3.11. The summed E-state index contributed by atoms with van der Waals surface area (Å²) < 4.78 is 4.03. The molecule has 3 rings (SSSR count). The summed E-state index contributed by atoms with van der Waals surface area (Å²) in [4.78, 5) is 2.24. The average Bonchev–Trinajstić information content (AvgIpc) is 2.86. The fraction of sp³-hybridized carbons (Fsp3) is 0.533. The number of hydrogen-bond donors (Lipinski definition) is 1. The van der Waals surface area contributed by atoms with E-state index >= 15 is 0 Å². The minimum atomic E-state index is -0.171. The number of aliphatic hydroxyl groups excluding tert-OH is 1. The molecule has 0 radical (unpaired) electrons. The molecule has 2 aromatic rings. The summed E-state index contributed by atoms with van der Waals surface area (Å²) in [5.41, 5.74) is 3.39. The smallest absolute Gasteiger partial charge is 0.221 e. The van der Waals surface area contributed by atoms with E-state index in [-0.39, 0.29) is 6.10 Å². The quantitative estimate of drug-likeness (QED) is 0.875. The molecule has 1 aliphatic heterocycles. The first-order valence-corrected chi connectivity index (χ1v) is 7.96. The van der Waals surface area contributed by atoms with Crippen molar-refractivity contribution in [2.24, 2.45) is 0 Å². The Morgan fingerprint density at radius 1 is 1.18 bits per heavy atom. The average molecular weight is 319 g/mol. The van der Waals surface area contributed by atoms with E-state index in [1.54, 1.807) is 9.36 Å². The Hall–Kier alpha value is -1.57. The molecule has 0 spiro atoms. The molecule has 22 heavy (non-hydrogen) atoms. The Balaban J connectivity index is 1.80. The van der Waals surface area contributed by atoms with Crippen molar-refractivity contribution < 1.29 is 5.11 Å². The number of benzene rings is 1. The van der Waals surface area contributed by atoms with Crippen molar-refractivity contribution in [3.05, 3.63) is 34.1 Å². The van der Waals surface area contributed by atoms with E-state index in [1.165, 1.54) is 11.1 Å². The molecule has 1 aromatic carbocycles. The Kier molecular flexibility index (Phi) is 4.37. The molecule has 118 valence electrons. The van der Waals surface area contributed by atoms with Gasteiger partial charge in [0.15, 0.2) is 0 Å². The molecule has 7 heteroatoms. The van der Waals surface area contributed by atoms with Gasteiger partial charge in [-0.3, -0.25) is 4.90 Å². The summed E-state index contributed by atoms with van der Waals surface area (Å²) in [5.74, 6) is 0. The van der Waals surface area contributed by atoms with Gasteiger partial charge in [-0.1, -0.05) is 6.07 Å². The second-order valence-electron chi connectivity index (χ2n) is 5.93. The van der Waals surface area contributed by atoms with Crippen LogP contribution in [0.1, 0.15) is 24.0 Å². The minimum absolute atomic E-state index is 0.171. The molecule has 0 atom stereocenters. The SMILES string of the molecule is Cc1ccc(-n2nnn(CN3CCC(O)CC3)c2=S)cc1C. The zero-order valence-corrected chi connectivity index (χ0v) is 13.8. The highest BCUT2D eigenvalue weighted by Gasteiger charge is 2.18. The van der Waals surface area contributed by atoms with E-state index in [4.69, 9.17) is 12.2 Å². The van der Waals surface area contributed by atoms with E-state index in [0.717, 1.165) is 31.6 Å². The van der Waals surface area contributed by atoms with Gasteiger partial charge in [0.05, 0.1) is 18.5 Å². The van der Waals surface area contributed by atoms with Gasteiger partial charge in [0.2, 0.25) is 4.77 Å². The lowest BCUT2D eigenvalue weighted by Crippen LogP contribution is -2.37. The van der Waals surface area contributed by atoms with Crippen LogP contribution in [0.5, 0.6) is 0 Å². The standard InChI is InChI=1S/C15H21N5OS/c1-11-3-4-13(9-12(11)2)20-15(22)19(16-17-20)10-18-7-5-14(21)6-8-18/h3-4,9,14,21H,5-8,10H2,1-2H3. The van der Waals surface area contributed by atoms with E-state index in [9.17, 15) is 5.11 Å². The van der Waals surface area contributed by atoms with Crippen LogP contribution < -0.4 is 0 Å². The van der Waals surface area contributed by atoms with Gasteiger partial charge < -0.3 is 5.11 Å². The summed E-state index contributed by atoms with van der Waals surface area (Å²) in [5, 5.41) is 17.9. The molecule has 1 aromatic heterocycles. The highest BCUT2D eigenvalue weighted by Crippen LogP contribution is 2.14. The van der Waals surface area contributed by atoms with Crippen LogP contribution in [-0.4, -0.2) is 49.0 Å². The number of hydrogen-bond acceptors (Lipinski definition) is 5. The van der Waals surface area contributed by atoms with Crippen molar-refractivity contribution in [3.63, 3.8) is 0 Å². The lowest BCUT2D eigenvalue weighted by molar-refractivity contribution is 0.0647. The van der Waals surface area contributed by atoms with Crippen LogP contribution in [0.25, 0.3) is 5.69 Å². The molecular weight excluding hydrogens is 298 g/mol.